The Morgan fingerprint density at radius 2 is 1.90 bits per heavy atom. The van der Waals surface area contributed by atoms with Crippen LogP contribution in [-0.4, -0.2) is 38.8 Å². The molecular weight excluding hydrogens is 513 g/mol. The zero-order valence-corrected chi connectivity index (χ0v) is 24.3. The summed E-state index contributed by atoms with van der Waals surface area (Å²) in [5.41, 5.74) is 0.264. The number of sulfonamides is 1. The van der Waals surface area contributed by atoms with E-state index in [0.29, 0.717) is 30.3 Å². The maximum atomic E-state index is 13.9. The van der Waals surface area contributed by atoms with E-state index in [0.717, 1.165) is 35.8 Å². The first-order valence-corrected chi connectivity index (χ1v) is 16.0. The Hall–Kier alpha value is -2.10. The Labute approximate surface area is 231 Å². The predicted molar refractivity (Wildman–Crippen MR) is 150 cm³/mol. The number of carbonyl (C=O) groups is 1. The van der Waals surface area contributed by atoms with E-state index in [2.05, 4.69) is 39.3 Å². The van der Waals surface area contributed by atoms with Crippen molar-refractivity contribution in [3.05, 3.63) is 41.7 Å². The summed E-state index contributed by atoms with van der Waals surface area (Å²) in [6, 6.07) is 7.66. The molecule has 2 aromatic rings. The molecule has 6 fully saturated rings. The van der Waals surface area contributed by atoms with Gasteiger partial charge in [-0.3, -0.25) is 9.52 Å². The van der Waals surface area contributed by atoms with Crippen molar-refractivity contribution in [2.45, 2.75) is 78.4 Å². The number of para-hydroxylation sites is 1. The van der Waals surface area contributed by atoms with Crippen LogP contribution in [0.1, 0.15) is 72.3 Å². The number of Topliss-reactive ketones (excluding diaryl/α,β-unsaturated/α-hetero) is 1. The van der Waals surface area contributed by atoms with Crippen LogP contribution in [0.15, 0.2) is 40.5 Å². The number of rotatable bonds is 6. The van der Waals surface area contributed by atoms with Gasteiger partial charge in [0.25, 0.3) is 0 Å². The molecule has 1 saturated heterocycles. The SMILES string of the molecule is CC1(C)[C@@H]2C[C@H]3OB(/C(=C\c4coc5ccccc45)NS(=O)(=O)CC45CC[C@H](CC4=O)C5(C)C)O[C@@]3(C)[C@H]1C2. The van der Waals surface area contributed by atoms with Crippen LogP contribution in [0.5, 0.6) is 0 Å². The molecule has 2 heterocycles. The van der Waals surface area contributed by atoms with Gasteiger partial charge in [0, 0.05) is 17.4 Å². The summed E-state index contributed by atoms with van der Waals surface area (Å²) in [6.07, 6.45) is 7.30. The van der Waals surface area contributed by atoms with E-state index in [1.165, 1.54) is 0 Å². The highest BCUT2D eigenvalue weighted by Gasteiger charge is 2.69. The van der Waals surface area contributed by atoms with Crippen molar-refractivity contribution in [3.63, 3.8) is 0 Å². The summed E-state index contributed by atoms with van der Waals surface area (Å²) in [5, 5.41) is 0.878. The quantitative estimate of drug-likeness (QED) is 0.486. The molecule has 1 unspecified atom stereocenters. The molecule has 6 aliphatic rings. The van der Waals surface area contributed by atoms with Crippen LogP contribution in [-0.2, 0) is 24.1 Å². The fourth-order valence-corrected chi connectivity index (χ4v) is 11.0. The number of furan rings is 1. The molecule has 39 heavy (non-hydrogen) atoms. The largest absolute Gasteiger partial charge is 0.512 e. The monoisotopic (exact) mass is 551 g/mol. The van der Waals surface area contributed by atoms with E-state index in [1.54, 1.807) is 12.3 Å². The second-order valence-electron chi connectivity index (χ2n) is 14.1. The molecule has 7 nitrogen and oxygen atoms in total. The summed E-state index contributed by atoms with van der Waals surface area (Å²) < 4.78 is 49.6. The molecule has 5 aliphatic carbocycles. The lowest BCUT2D eigenvalue weighted by molar-refractivity contribution is -0.199. The van der Waals surface area contributed by atoms with Crippen molar-refractivity contribution in [1.82, 2.24) is 4.72 Å². The summed E-state index contributed by atoms with van der Waals surface area (Å²) in [6.45, 7) is 10.8. The Morgan fingerprint density at radius 1 is 1.13 bits per heavy atom. The van der Waals surface area contributed by atoms with E-state index in [4.69, 9.17) is 13.7 Å². The van der Waals surface area contributed by atoms with E-state index >= 15 is 0 Å². The molecule has 0 amide bonds. The summed E-state index contributed by atoms with van der Waals surface area (Å²) in [5.74, 6) is 1.02. The molecule has 1 aromatic carbocycles. The zero-order valence-electron chi connectivity index (χ0n) is 23.5. The summed E-state index contributed by atoms with van der Waals surface area (Å²) >= 11 is 0. The third-order valence-corrected chi connectivity index (χ3v) is 13.3. The van der Waals surface area contributed by atoms with Crippen molar-refractivity contribution in [2.75, 3.05) is 5.75 Å². The topological polar surface area (TPSA) is 94.8 Å². The summed E-state index contributed by atoms with van der Waals surface area (Å²) in [7, 11) is -4.78. The van der Waals surface area contributed by atoms with Gasteiger partial charge in [-0.05, 0) is 73.3 Å². The van der Waals surface area contributed by atoms with Gasteiger partial charge in [0.05, 0.1) is 34.7 Å². The molecule has 4 bridgehead atoms. The van der Waals surface area contributed by atoms with Crippen LogP contribution in [0.4, 0.5) is 0 Å². The lowest BCUT2D eigenvalue weighted by Gasteiger charge is -2.64. The van der Waals surface area contributed by atoms with Gasteiger partial charge in [-0.2, -0.15) is 0 Å². The van der Waals surface area contributed by atoms with Crippen LogP contribution in [0.2, 0.25) is 0 Å². The molecule has 6 atom stereocenters. The van der Waals surface area contributed by atoms with Crippen molar-refractivity contribution in [3.8, 4) is 0 Å². The Morgan fingerprint density at radius 3 is 2.59 bits per heavy atom. The van der Waals surface area contributed by atoms with Crippen LogP contribution in [0.3, 0.4) is 0 Å². The summed E-state index contributed by atoms with van der Waals surface area (Å²) in [4.78, 5) is 13.1. The zero-order chi connectivity index (χ0) is 27.6. The fraction of sp³-hybridized carbons (Fsp3) is 0.633. The molecule has 9 heteroatoms. The highest BCUT2D eigenvalue weighted by atomic mass is 32.2. The minimum absolute atomic E-state index is 0.0781. The first kappa shape index (κ1) is 25.8. The van der Waals surface area contributed by atoms with Crippen LogP contribution in [0.25, 0.3) is 17.0 Å². The number of nitrogens with one attached hydrogen (secondary N) is 1. The van der Waals surface area contributed by atoms with Gasteiger partial charge in [-0.1, -0.05) is 45.9 Å². The second kappa shape index (κ2) is 8.01. The van der Waals surface area contributed by atoms with Crippen LogP contribution < -0.4 is 4.72 Å². The second-order valence-corrected chi connectivity index (χ2v) is 15.8. The number of carbonyl (C=O) groups excluding carboxylic acids is 1. The average Bonchev–Trinajstić information content (AvgIpc) is 3.54. The highest BCUT2D eigenvalue weighted by Crippen LogP contribution is 2.66. The van der Waals surface area contributed by atoms with E-state index in [9.17, 15) is 13.2 Å². The van der Waals surface area contributed by atoms with Gasteiger partial charge in [-0.15, -0.1) is 0 Å². The lowest BCUT2D eigenvalue weighted by Crippen LogP contribution is -2.65. The standard InChI is InChI=1S/C30H38BNO6S/c1-27(2)20-13-23(27)29(5)25(15-20)37-31(38-29)26(12-18-16-36-22-9-7-6-8-21(18)22)32-39(34,35)17-30-11-10-19(14-24(30)33)28(30,3)4/h6-9,12,16,19-20,23,25,32H,10-11,13-15,17H2,1-5H3/b26-12+/t19-,20+,23+,25-,29+,30?/m1/s1. The van der Waals surface area contributed by atoms with Crippen molar-refractivity contribution < 1.29 is 26.9 Å². The molecule has 1 N–H and O–H groups in total. The van der Waals surface area contributed by atoms with Gasteiger partial charge in [0.15, 0.2) is 0 Å². The van der Waals surface area contributed by atoms with Crippen molar-refractivity contribution in [1.29, 1.82) is 0 Å². The molecule has 208 valence electrons. The molecule has 8 rings (SSSR count). The first-order chi connectivity index (χ1) is 18.3. The predicted octanol–water partition coefficient (Wildman–Crippen LogP) is 5.36. The molecule has 5 saturated carbocycles. The molecule has 1 aromatic heterocycles. The number of hydrogen-bond acceptors (Lipinski definition) is 6. The Kier molecular flexibility index (Phi) is 5.31. The van der Waals surface area contributed by atoms with Crippen LogP contribution >= 0.6 is 0 Å². The van der Waals surface area contributed by atoms with Crippen molar-refractivity contribution in [2.24, 2.45) is 34.0 Å². The number of hydrogen-bond donors (Lipinski definition) is 1. The van der Waals surface area contributed by atoms with E-state index in [-0.39, 0.29) is 34.4 Å². The van der Waals surface area contributed by atoms with E-state index in [1.807, 2.05) is 24.3 Å². The maximum Gasteiger partial charge on any atom is 0.512 e. The molecule has 0 radical (unpaired) electrons. The molecule has 1 aliphatic heterocycles. The number of benzene rings is 1. The van der Waals surface area contributed by atoms with Crippen molar-refractivity contribution >= 4 is 40.0 Å². The Bertz CT molecular complexity index is 1510. The van der Waals surface area contributed by atoms with E-state index < -0.39 is 28.2 Å². The highest BCUT2D eigenvalue weighted by molar-refractivity contribution is 7.89. The molecule has 0 spiro atoms. The van der Waals surface area contributed by atoms with Gasteiger partial charge >= 0.3 is 7.12 Å². The molecular formula is C30H38BNO6S. The maximum absolute atomic E-state index is 13.9. The van der Waals surface area contributed by atoms with Gasteiger partial charge < -0.3 is 13.7 Å². The van der Waals surface area contributed by atoms with Crippen LogP contribution in [0, 0.1) is 34.0 Å². The lowest BCUT2D eigenvalue weighted by atomic mass is 9.43. The number of ketones is 1. The smallest absolute Gasteiger partial charge is 0.464 e. The Balaban J connectivity index is 1.24. The third kappa shape index (κ3) is 3.48. The average molecular weight is 552 g/mol. The third-order valence-electron chi connectivity index (χ3n) is 11.9. The van der Waals surface area contributed by atoms with Gasteiger partial charge in [-0.25, -0.2) is 8.42 Å². The van der Waals surface area contributed by atoms with Gasteiger partial charge in [0.2, 0.25) is 10.0 Å². The first-order valence-electron chi connectivity index (χ1n) is 14.3. The number of fused-ring (bicyclic) bond motifs is 3. The fourth-order valence-electron chi connectivity index (χ4n) is 9.07. The minimum Gasteiger partial charge on any atom is -0.464 e. The normalized spacial score (nSPS) is 38.2. The van der Waals surface area contributed by atoms with Gasteiger partial charge in [0.1, 0.15) is 11.4 Å². The minimum atomic E-state index is -3.91.